The molecule has 2 bridgehead atoms. The van der Waals surface area contributed by atoms with Gasteiger partial charge in [-0.3, -0.25) is 4.99 Å². The second-order valence-electron chi connectivity index (χ2n) is 5.52. The van der Waals surface area contributed by atoms with E-state index in [-0.39, 0.29) is 0 Å². The largest absolute Gasteiger partial charge is 0.373 e. The Morgan fingerprint density at radius 2 is 2.11 bits per heavy atom. The Morgan fingerprint density at radius 3 is 2.84 bits per heavy atom. The Balaban J connectivity index is 1.37. The molecule has 3 heterocycles. The van der Waals surface area contributed by atoms with Gasteiger partial charge in [-0.05, 0) is 24.8 Å². The lowest BCUT2D eigenvalue weighted by atomic mass is 9.96. The molecule has 0 spiro atoms. The second-order valence-corrected chi connectivity index (χ2v) is 6.71. The van der Waals surface area contributed by atoms with Crippen LogP contribution in [0.15, 0.2) is 35.3 Å². The lowest BCUT2D eigenvalue weighted by Gasteiger charge is -2.21. The van der Waals surface area contributed by atoms with E-state index in [1.54, 1.807) is 0 Å². The van der Waals surface area contributed by atoms with Crippen LogP contribution >= 0.6 is 11.8 Å². The summed E-state index contributed by atoms with van der Waals surface area (Å²) < 4.78 is 5.88. The van der Waals surface area contributed by atoms with Gasteiger partial charge in [-0.25, -0.2) is 0 Å². The highest BCUT2D eigenvalue weighted by atomic mass is 32.2. The SMILES string of the molecule is c1ccc(C2CN=C(NC3CC4CCC3O4)S2)cc1. The highest BCUT2D eigenvalue weighted by molar-refractivity contribution is 8.14. The maximum Gasteiger partial charge on any atom is 0.157 e. The number of hydrogen-bond acceptors (Lipinski definition) is 4. The minimum absolute atomic E-state index is 0.420. The third kappa shape index (κ3) is 2.28. The van der Waals surface area contributed by atoms with Crippen LogP contribution in [-0.2, 0) is 4.74 Å². The summed E-state index contributed by atoms with van der Waals surface area (Å²) in [5.74, 6) is 0. The second kappa shape index (κ2) is 4.84. The maximum atomic E-state index is 5.88. The monoisotopic (exact) mass is 274 g/mol. The van der Waals surface area contributed by atoms with Gasteiger partial charge in [0.25, 0.3) is 0 Å². The van der Waals surface area contributed by atoms with E-state index in [1.807, 2.05) is 11.8 Å². The molecule has 3 aliphatic heterocycles. The highest BCUT2D eigenvalue weighted by Crippen LogP contribution is 2.37. The van der Waals surface area contributed by atoms with Gasteiger partial charge in [-0.1, -0.05) is 42.1 Å². The van der Waals surface area contributed by atoms with E-state index in [2.05, 4.69) is 40.6 Å². The molecule has 1 N–H and O–H groups in total. The molecule has 2 fully saturated rings. The van der Waals surface area contributed by atoms with E-state index >= 15 is 0 Å². The number of nitrogens with zero attached hydrogens (tertiary/aromatic N) is 1. The van der Waals surface area contributed by atoms with E-state index in [4.69, 9.17) is 4.74 Å². The molecule has 19 heavy (non-hydrogen) atoms. The third-order valence-electron chi connectivity index (χ3n) is 4.24. The summed E-state index contributed by atoms with van der Waals surface area (Å²) in [6, 6.07) is 11.1. The van der Waals surface area contributed by atoms with Crippen LogP contribution < -0.4 is 5.32 Å². The van der Waals surface area contributed by atoms with Crippen LogP contribution in [-0.4, -0.2) is 30.0 Å². The van der Waals surface area contributed by atoms with Crippen molar-refractivity contribution in [3.8, 4) is 0 Å². The van der Waals surface area contributed by atoms with Crippen LogP contribution in [0, 0.1) is 0 Å². The molecule has 4 unspecified atom stereocenters. The first kappa shape index (κ1) is 11.8. The fraction of sp³-hybridized carbons (Fsp3) is 0.533. The minimum atomic E-state index is 0.420. The van der Waals surface area contributed by atoms with Crippen LogP contribution in [0.4, 0.5) is 0 Å². The zero-order valence-electron chi connectivity index (χ0n) is 10.8. The van der Waals surface area contributed by atoms with Gasteiger partial charge in [0.05, 0.1) is 30.0 Å². The zero-order chi connectivity index (χ0) is 12.7. The van der Waals surface area contributed by atoms with Crippen molar-refractivity contribution in [2.24, 2.45) is 4.99 Å². The van der Waals surface area contributed by atoms with Gasteiger partial charge < -0.3 is 10.1 Å². The number of nitrogens with one attached hydrogen (secondary N) is 1. The van der Waals surface area contributed by atoms with Crippen LogP contribution in [0.3, 0.4) is 0 Å². The number of fused-ring (bicyclic) bond motifs is 2. The van der Waals surface area contributed by atoms with Gasteiger partial charge in [0.1, 0.15) is 0 Å². The van der Waals surface area contributed by atoms with Crippen molar-refractivity contribution in [3.63, 3.8) is 0 Å². The van der Waals surface area contributed by atoms with Crippen LogP contribution in [0.25, 0.3) is 0 Å². The molecule has 0 radical (unpaired) electrons. The first-order chi connectivity index (χ1) is 9.38. The van der Waals surface area contributed by atoms with Crippen molar-refractivity contribution in [2.45, 2.75) is 42.8 Å². The summed E-state index contributed by atoms with van der Waals surface area (Å²) in [7, 11) is 0. The minimum Gasteiger partial charge on any atom is -0.373 e. The van der Waals surface area contributed by atoms with Gasteiger partial charge in [0.2, 0.25) is 0 Å². The van der Waals surface area contributed by atoms with Gasteiger partial charge in [-0.2, -0.15) is 0 Å². The lowest BCUT2D eigenvalue weighted by molar-refractivity contribution is 0.0994. The molecular weight excluding hydrogens is 256 g/mol. The van der Waals surface area contributed by atoms with Gasteiger partial charge in [-0.15, -0.1) is 0 Å². The molecule has 4 atom stereocenters. The molecule has 0 amide bonds. The standard InChI is InChI=1S/C15H18N2OS/c1-2-4-10(5-3-1)14-9-16-15(19-14)17-12-8-11-6-7-13(12)18-11/h1-5,11-14H,6-9H2,(H,16,17). The number of aliphatic imine (C=N–C) groups is 1. The van der Waals surface area contributed by atoms with Gasteiger partial charge in [0.15, 0.2) is 5.17 Å². The summed E-state index contributed by atoms with van der Waals surface area (Å²) in [5, 5.41) is 5.18. The molecule has 3 nitrogen and oxygen atoms in total. The number of rotatable bonds is 2. The Hall–Kier alpha value is -1.00. The van der Waals surface area contributed by atoms with E-state index in [0.29, 0.717) is 23.5 Å². The maximum absolute atomic E-state index is 5.88. The quantitative estimate of drug-likeness (QED) is 0.900. The Labute approximate surface area is 117 Å². The third-order valence-corrected chi connectivity index (χ3v) is 5.42. The molecule has 0 aromatic heterocycles. The zero-order valence-corrected chi connectivity index (χ0v) is 11.6. The molecule has 1 aromatic carbocycles. The Morgan fingerprint density at radius 1 is 1.21 bits per heavy atom. The fourth-order valence-electron chi connectivity index (χ4n) is 3.24. The van der Waals surface area contributed by atoms with E-state index in [9.17, 15) is 0 Å². The molecule has 0 aliphatic carbocycles. The number of hydrogen-bond donors (Lipinski definition) is 1. The van der Waals surface area contributed by atoms with Gasteiger partial charge >= 0.3 is 0 Å². The molecule has 4 heteroatoms. The smallest absolute Gasteiger partial charge is 0.157 e. The molecule has 3 aliphatic rings. The summed E-state index contributed by atoms with van der Waals surface area (Å²) in [4.78, 5) is 4.65. The number of thioether (sulfide) groups is 1. The average Bonchev–Trinajstić information content (AvgIpc) is 3.16. The Bertz CT molecular complexity index is 490. The van der Waals surface area contributed by atoms with Gasteiger partial charge in [0, 0.05) is 0 Å². The molecule has 4 rings (SSSR count). The van der Waals surface area contributed by atoms with Crippen molar-refractivity contribution in [3.05, 3.63) is 35.9 Å². The molecule has 0 saturated carbocycles. The average molecular weight is 274 g/mol. The molecular formula is C15H18N2OS. The number of benzene rings is 1. The predicted octanol–water partition coefficient (Wildman–Crippen LogP) is 2.74. The number of ether oxygens (including phenoxy) is 1. The first-order valence-electron chi connectivity index (χ1n) is 7.06. The van der Waals surface area contributed by atoms with E-state index in [0.717, 1.165) is 18.1 Å². The molecule has 1 aromatic rings. The summed E-state index contributed by atoms with van der Waals surface area (Å²) in [6.45, 7) is 0.888. The van der Waals surface area contributed by atoms with Crippen molar-refractivity contribution in [1.29, 1.82) is 0 Å². The summed E-state index contributed by atoms with van der Waals surface area (Å²) in [5.41, 5.74) is 1.37. The first-order valence-corrected chi connectivity index (χ1v) is 7.94. The van der Waals surface area contributed by atoms with Crippen molar-refractivity contribution in [1.82, 2.24) is 5.32 Å². The van der Waals surface area contributed by atoms with Crippen LogP contribution in [0.1, 0.15) is 30.1 Å². The number of amidine groups is 1. The summed E-state index contributed by atoms with van der Waals surface area (Å²) >= 11 is 1.86. The predicted molar refractivity (Wildman–Crippen MR) is 78.5 cm³/mol. The normalized spacial score (nSPS) is 36.5. The van der Waals surface area contributed by atoms with E-state index in [1.165, 1.54) is 18.4 Å². The Kier molecular flexibility index (Phi) is 3.00. The van der Waals surface area contributed by atoms with Crippen molar-refractivity contribution in [2.75, 3.05) is 6.54 Å². The summed E-state index contributed by atoms with van der Waals surface area (Å²) in [6.07, 6.45) is 4.53. The van der Waals surface area contributed by atoms with Crippen LogP contribution in [0.2, 0.25) is 0 Å². The topological polar surface area (TPSA) is 33.6 Å². The molecule has 2 saturated heterocycles. The fourth-order valence-corrected chi connectivity index (χ4v) is 4.32. The van der Waals surface area contributed by atoms with Crippen LogP contribution in [0.5, 0.6) is 0 Å². The molecule has 100 valence electrons. The highest BCUT2D eigenvalue weighted by Gasteiger charge is 2.41. The van der Waals surface area contributed by atoms with Crippen molar-refractivity contribution < 1.29 is 4.74 Å². The lowest BCUT2D eigenvalue weighted by Crippen LogP contribution is -2.39. The van der Waals surface area contributed by atoms with E-state index < -0.39 is 0 Å². The van der Waals surface area contributed by atoms with Crippen molar-refractivity contribution >= 4 is 16.9 Å².